The molecule has 5 heteroatoms. The minimum Gasteiger partial charge on any atom is -0.398 e. The van der Waals surface area contributed by atoms with Crippen LogP contribution in [0.25, 0.3) is 0 Å². The molecule has 0 aliphatic rings. The van der Waals surface area contributed by atoms with E-state index in [9.17, 15) is 4.32 Å². The predicted octanol–water partition coefficient (Wildman–Crippen LogP) is -0.260. The topological polar surface area (TPSA) is 29.5 Å². The molecular formula is H3BFO2P. The summed E-state index contributed by atoms with van der Waals surface area (Å²) in [5.74, 6) is 0. The number of hydrogen-bond acceptors (Lipinski definition) is 2. The van der Waals surface area contributed by atoms with Crippen molar-refractivity contribution in [2.24, 2.45) is 0 Å². The summed E-state index contributed by atoms with van der Waals surface area (Å²) in [7, 11) is -0.583. The maximum Gasteiger partial charge on any atom is 0.680 e. The average molecular weight is 95.8 g/mol. The molecule has 0 rings (SSSR count). The van der Waals surface area contributed by atoms with Gasteiger partial charge in [-0.15, -0.1) is 0 Å². The van der Waals surface area contributed by atoms with Crippen LogP contribution in [-0.4, -0.2) is 12.4 Å². The molecule has 0 saturated heterocycles. The van der Waals surface area contributed by atoms with Crippen LogP contribution in [0.5, 0.6) is 0 Å². The Kier molecular flexibility index (Phi) is 2.75. The van der Waals surface area contributed by atoms with Crippen LogP contribution in [0.1, 0.15) is 0 Å². The molecule has 5 heavy (non-hydrogen) atoms. The molecule has 0 aromatic heterocycles. The zero-order chi connectivity index (χ0) is 4.28. The molecule has 0 aromatic carbocycles. The average Bonchev–Trinajstić information content (AvgIpc) is 1.38. The van der Waals surface area contributed by atoms with Crippen molar-refractivity contribution in [2.75, 3.05) is 0 Å². The van der Waals surface area contributed by atoms with Crippen LogP contribution >= 0.6 is 9.47 Å². The van der Waals surface area contributed by atoms with E-state index in [1.807, 2.05) is 0 Å². The van der Waals surface area contributed by atoms with Gasteiger partial charge < -0.3 is 9.47 Å². The Bertz CT molecular complexity index is 23.6. The lowest BCUT2D eigenvalue weighted by Crippen LogP contribution is -2.00. The smallest absolute Gasteiger partial charge is 0.398 e. The Morgan fingerprint density at radius 3 is 2.20 bits per heavy atom. The van der Waals surface area contributed by atoms with Gasteiger partial charge in [-0.2, -0.15) is 0 Å². The van der Waals surface area contributed by atoms with E-state index in [2.05, 4.69) is 4.44 Å². The van der Waals surface area contributed by atoms with Crippen LogP contribution in [0.15, 0.2) is 0 Å². The third-order valence-corrected chi connectivity index (χ3v) is 0.337. The van der Waals surface area contributed by atoms with Crippen molar-refractivity contribution in [2.45, 2.75) is 0 Å². The molecule has 0 aliphatic heterocycles. The van der Waals surface area contributed by atoms with Gasteiger partial charge in [-0.1, -0.05) is 0 Å². The maximum atomic E-state index is 10.7. The second-order valence-electron chi connectivity index (χ2n) is 0.428. The standard InChI is InChI=1S/BFH3O2P/c2-1(3)4-5/h3H,5H2. The minimum atomic E-state index is -2.15. The van der Waals surface area contributed by atoms with Crippen LogP contribution in [0.2, 0.25) is 0 Å². The fourth-order valence-corrected chi connectivity index (χ4v) is 0. The molecular weight excluding hydrogens is 92.8 g/mol. The van der Waals surface area contributed by atoms with Crippen molar-refractivity contribution >= 4 is 16.9 Å². The monoisotopic (exact) mass is 96.0 g/mol. The van der Waals surface area contributed by atoms with E-state index in [-0.39, 0.29) is 0 Å². The van der Waals surface area contributed by atoms with Crippen LogP contribution < -0.4 is 0 Å². The second-order valence-corrected chi connectivity index (χ2v) is 0.700. The SMILES string of the molecule is OB(F)OP. The summed E-state index contributed by atoms with van der Waals surface area (Å²) in [6, 6.07) is 0. The van der Waals surface area contributed by atoms with Gasteiger partial charge in [0.2, 0.25) is 0 Å². The van der Waals surface area contributed by atoms with E-state index in [0.717, 1.165) is 0 Å². The van der Waals surface area contributed by atoms with Gasteiger partial charge in [0.25, 0.3) is 0 Å². The van der Waals surface area contributed by atoms with Crippen molar-refractivity contribution in [1.29, 1.82) is 0 Å². The highest BCUT2D eigenvalue weighted by molar-refractivity contribution is 7.12. The van der Waals surface area contributed by atoms with E-state index in [1.165, 1.54) is 0 Å². The summed E-state index contributed by atoms with van der Waals surface area (Å²) in [6.07, 6.45) is 0. The Morgan fingerprint density at radius 2 is 2.20 bits per heavy atom. The van der Waals surface area contributed by atoms with Gasteiger partial charge in [-0.3, -0.25) is 4.32 Å². The lowest BCUT2D eigenvalue weighted by Gasteiger charge is -1.81. The fourth-order valence-electron chi connectivity index (χ4n) is 0. The van der Waals surface area contributed by atoms with E-state index < -0.39 is 7.40 Å². The van der Waals surface area contributed by atoms with Crippen LogP contribution in [-0.2, 0) is 4.44 Å². The highest BCUT2D eigenvalue weighted by Crippen LogP contribution is 1.86. The fraction of sp³-hybridized carbons (Fsp3) is 0. The summed E-state index contributed by atoms with van der Waals surface area (Å²) < 4.78 is 14.3. The third-order valence-electron chi connectivity index (χ3n) is 0.112. The first-order valence-electron chi connectivity index (χ1n) is 0.948. The maximum absolute atomic E-state index is 10.7. The Balaban J connectivity index is 2.54. The first kappa shape index (κ1) is 5.34. The molecule has 0 aliphatic carbocycles. The van der Waals surface area contributed by atoms with E-state index >= 15 is 0 Å². The van der Waals surface area contributed by atoms with E-state index in [4.69, 9.17) is 5.02 Å². The molecule has 1 unspecified atom stereocenters. The second kappa shape index (κ2) is 2.58. The molecule has 0 radical (unpaired) electrons. The predicted molar refractivity (Wildman–Crippen MR) is 19.9 cm³/mol. The van der Waals surface area contributed by atoms with Crippen molar-refractivity contribution < 1.29 is 13.8 Å². The first-order valence-corrected chi connectivity index (χ1v) is 1.42. The van der Waals surface area contributed by atoms with Crippen molar-refractivity contribution in [1.82, 2.24) is 0 Å². The Hall–Kier alpha value is 0.345. The van der Waals surface area contributed by atoms with Crippen LogP contribution in [0.3, 0.4) is 0 Å². The molecule has 0 bridgehead atoms. The van der Waals surface area contributed by atoms with Gasteiger partial charge in [0.15, 0.2) is 0 Å². The molecule has 0 aromatic rings. The van der Waals surface area contributed by atoms with Gasteiger partial charge in [0, 0.05) is 0 Å². The first-order chi connectivity index (χ1) is 2.27. The summed E-state index contributed by atoms with van der Waals surface area (Å²) in [4.78, 5) is 0. The minimum absolute atomic E-state index is 1.57. The summed E-state index contributed by atoms with van der Waals surface area (Å²) in [5, 5.41) is 7.45. The molecule has 0 amide bonds. The van der Waals surface area contributed by atoms with Crippen molar-refractivity contribution in [3.63, 3.8) is 0 Å². The van der Waals surface area contributed by atoms with Gasteiger partial charge in [0.05, 0.1) is 0 Å². The quantitative estimate of drug-likeness (QED) is 0.359. The molecule has 0 spiro atoms. The summed E-state index contributed by atoms with van der Waals surface area (Å²) in [6.45, 7) is 0. The van der Waals surface area contributed by atoms with E-state index in [1.54, 1.807) is 9.47 Å². The Labute approximate surface area is 31.8 Å². The van der Waals surface area contributed by atoms with Crippen LogP contribution in [0, 0.1) is 0 Å². The lowest BCUT2D eigenvalue weighted by molar-refractivity contribution is 0.376. The van der Waals surface area contributed by atoms with Gasteiger partial charge in [-0.25, -0.2) is 0 Å². The highest BCUT2D eigenvalue weighted by Gasteiger charge is 2.04. The molecule has 0 heterocycles. The van der Waals surface area contributed by atoms with Crippen molar-refractivity contribution in [3.8, 4) is 0 Å². The zero-order valence-electron chi connectivity index (χ0n) is 2.39. The zero-order valence-corrected chi connectivity index (χ0v) is 3.54. The highest BCUT2D eigenvalue weighted by atomic mass is 31.0. The number of rotatable bonds is 1. The normalized spacial score (nSPS) is 7.80. The molecule has 2 nitrogen and oxygen atoms in total. The van der Waals surface area contributed by atoms with Gasteiger partial charge >= 0.3 is 7.40 Å². The number of hydrogen-bond donors (Lipinski definition) is 1. The van der Waals surface area contributed by atoms with Gasteiger partial charge in [-0.05, 0) is 9.47 Å². The summed E-state index contributed by atoms with van der Waals surface area (Å²) >= 11 is 0. The van der Waals surface area contributed by atoms with Crippen LogP contribution in [0.4, 0.5) is 4.32 Å². The molecule has 0 fully saturated rings. The molecule has 30 valence electrons. The molecule has 1 N–H and O–H groups in total. The van der Waals surface area contributed by atoms with E-state index in [0.29, 0.717) is 0 Å². The summed E-state index contributed by atoms with van der Waals surface area (Å²) in [5.41, 5.74) is 0. The van der Waals surface area contributed by atoms with Gasteiger partial charge in [0.1, 0.15) is 0 Å². The molecule has 0 saturated carbocycles. The Morgan fingerprint density at radius 1 is 2.00 bits per heavy atom. The number of halogens is 1. The lowest BCUT2D eigenvalue weighted by atomic mass is 10.3. The third kappa shape index (κ3) is 4.34. The largest absolute Gasteiger partial charge is 0.680 e. The van der Waals surface area contributed by atoms with Crippen molar-refractivity contribution in [3.05, 3.63) is 0 Å². The molecule has 1 atom stereocenters.